The molecule has 1 unspecified atom stereocenters. The van der Waals surface area contributed by atoms with Crippen LogP contribution in [0.5, 0.6) is 0 Å². The molecular formula is C11H22N4O. The molecule has 0 saturated heterocycles. The van der Waals surface area contributed by atoms with Crippen LogP contribution in [0.4, 0.5) is 0 Å². The zero-order chi connectivity index (χ0) is 12.1. The van der Waals surface area contributed by atoms with Crippen LogP contribution in [0.1, 0.15) is 32.0 Å². The predicted molar refractivity (Wildman–Crippen MR) is 62.8 cm³/mol. The van der Waals surface area contributed by atoms with Crippen LogP contribution < -0.4 is 5.73 Å². The van der Waals surface area contributed by atoms with E-state index in [0.29, 0.717) is 24.2 Å². The number of hydrogen-bond acceptors (Lipinski definition) is 5. The first kappa shape index (κ1) is 13.1. The molecule has 1 rings (SSSR count). The summed E-state index contributed by atoms with van der Waals surface area (Å²) in [6.45, 7) is 7.72. The van der Waals surface area contributed by atoms with E-state index in [-0.39, 0.29) is 6.04 Å². The van der Waals surface area contributed by atoms with Crippen LogP contribution in [0.3, 0.4) is 0 Å². The molecule has 0 bridgehead atoms. The van der Waals surface area contributed by atoms with Crippen LogP contribution in [-0.4, -0.2) is 34.7 Å². The molecule has 0 aliphatic carbocycles. The minimum Gasteiger partial charge on any atom is -0.424 e. The zero-order valence-corrected chi connectivity index (χ0v) is 10.6. The van der Waals surface area contributed by atoms with Gasteiger partial charge in [-0.2, -0.15) is 0 Å². The number of nitrogens with two attached hydrogens (primary N) is 1. The van der Waals surface area contributed by atoms with E-state index in [1.165, 1.54) is 0 Å². The van der Waals surface area contributed by atoms with E-state index < -0.39 is 0 Å². The summed E-state index contributed by atoms with van der Waals surface area (Å²) in [5.74, 6) is 1.81. The quantitative estimate of drug-likeness (QED) is 0.789. The van der Waals surface area contributed by atoms with Gasteiger partial charge in [-0.1, -0.05) is 13.8 Å². The first-order chi connectivity index (χ1) is 7.49. The van der Waals surface area contributed by atoms with Crippen LogP contribution in [-0.2, 0) is 6.54 Å². The highest BCUT2D eigenvalue weighted by Gasteiger charge is 2.10. The lowest BCUT2D eigenvalue weighted by atomic mass is 10.0. The SMILES string of the molecule is Cc1nnc(CN(C)CCC(N)C(C)C)o1. The monoisotopic (exact) mass is 226 g/mol. The molecule has 92 valence electrons. The molecule has 0 spiro atoms. The standard InChI is InChI=1S/C11H22N4O/c1-8(2)10(12)5-6-15(4)7-11-14-13-9(3)16-11/h8,10H,5-7,12H2,1-4H3. The maximum Gasteiger partial charge on any atom is 0.230 e. The van der Waals surface area contributed by atoms with Crippen molar-refractivity contribution in [2.24, 2.45) is 11.7 Å². The Morgan fingerprint density at radius 3 is 2.56 bits per heavy atom. The first-order valence-corrected chi connectivity index (χ1v) is 5.72. The smallest absolute Gasteiger partial charge is 0.230 e. The van der Waals surface area contributed by atoms with Crippen LogP contribution in [0.25, 0.3) is 0 Å². The number of aryl methyl sites for hydroxylation is 1. The third kappa shape index (κ3) is 4.28. The molecule has 1 heterocycles. The molecule has 1 aromatic heterocycles. The Morgan fingerprint density at radius 1 is 1.38 bits per heavy atom. The highest BCUT2D eigenvalue weighted by Crippen LogP contribution is 2.06. The Hall–Kier alpha value is -0.940. The summed E-state index contributed by atoms with van der Waals surface area (Å²) in [5.41, 5.74) is 5.98. The molecule has 0 aromatic carbocycles. The Labute approximate surface area is 97.0 Å². The lowest BCUT2D eigenvalue weighted by Gasteiger charge is -2.19. The molecular weight excluding hydrogens is 204 g/mol. The van der Waals surface area contributed by atoms with Gasteiger partial charge >= 0.3 is 0 Å². The fourth-order valence-electron chi connectivity index (χ4n) is 1.41. The van der Waals surface area contributed by atoms with Gasteiger partial charge < -0.3 is 10.2 Å². The van der Waals surface area contributed by atoms with Gasteiger partial charge in [-0.15, -0.1) is 10.2 Å². The van der Waals surface area contributed by atoms with E-state index in [0.717, 1.165) is 13.0 Å². The van der Waals surface area contributed by atoms with Crippen LogP contribution in [0.2, 0.25) is 0 Å². The van der Waals surface area contributed by atoms with Crippen LogP contribution in [0, 0.1) is 12.8 Å². The molecule has 0 aliphatic rings. The largest absolute Gasteiger partial charge is 0.424 e. The Balaban J connectivity index is 2.28. The van der Waals surface area contributed by atoms with Crippen molar-refractivity contribution in [3.05, 3.63) is 11.8 Å². The van der Waals surface area contributed by atoms with Gasteiger partial charge in [-0.3, -0.25) is 4.90 Å². The Kier molecular flexibility index (Phi) is 4.89. The van der Waals surface area contributed by atoms with Gasteiger partial charge in [0.05, 0.1) is 6.54 Å². The third-order valence-electron chi connectivity index (χ3n) is 2.67. The van der Waals surface area contributed by atoms with Gasteiger partial charge in [0.15, 0.2) is 0 Å². The average molecular weight is 226 g/mol. The molecule has 5 heteroatoms. The second-order valence-corrected chi connectivity index (χ2v) is 4.65. The summed E-state index contributed by atoms with van der Waals surface area (Å²) < 4.78 is 5.31. The van der Waals surface area contributed by atoms with Crippen molar-refractivity contribution in [3.63, 3.8) is 0 Å². The number of aromatic nitrogens is 2. The molecule has 0 aliphatic heterocycles. The number of rotatable bonds is 6. The van der Waals surface area contributed by atoms with Crippen molar-refractivity contribution in [3.8, 4) is 0 Å². The van der Waals surface area contributed by atoms with E-state index in [4.69, 9.17) is 10.2 Å². The second kappa shape index (κ2) is 5.96. The minimum atomic E-state index is 0.256. The molecule has 0 fully saturated rings. The van der Waals surface area contributed by atoms with E-state index in [1.807, 2.05) is 7.05 Å². The summed E-state index contributed by atoms with van der Waals surface area (Å²) in [6, 6.07) is 0.256. The van der Waals surface area contributed by atoms with Gasteiger partial charge in [0, 0.05) is 13.0 Å². The van der Waals surface area contributed by atoms with Gasteiger partial charge in [0.2, 0.25) is 11.8 Å². The molecule has 1 aromatic rings. The topological polar surface area (TPSA) is 68.2 Å². The van der Waals surface area contributed by atoms with Gasteiger partial charge in [-0.25, -0.2) is 0 Å². The number of hydrogen-bond donors (Lipinski definition) is 1. The van der Waals surface area contributed by atoms with Gasteiger partial charge in [0.25, 0.3) is 0 Å². The highest BCUT2D eigenvalue weighted by atomic mass is 16.4. The fourth-order valence-corrected chi connectivity index (χ4v) is 1.41. The van der Waals surface area contributed by atoms with Gasteiger partial charge in [-0.05, 0) is 25.9 Å². The Bertz CT molecular complexity index is 311. The lowest BCUT2D eigenvalue weighted by Crippen LogP contribution is -2.31. The summed E-state index contributed by atoms with van der Waals surface area (Å²) in [7, 11) is 2.03. The molecule has 5 nitrogen and oxygen atoms in total. The minimum absolute atomic E-state index is 0.256. The zero-order valence-electron chi connectivity index (χ0n) is 10.6. The number of nitrogens with zero attached hydrogens (tertiary/aromatic N) is 3. The van der Waals surface area contributed by atoms with Crippen molar-refractivity contribution in [2.75, 3.05) is 13.6 Å². The lowest BCUT2D eigenvalue weighted by molar-refractivity contribution is 0.266. The first-order valence-electron chi connectivity index (χ1n) is 5.72. The van der Waals surface area contributed by atoms with Crippen molar-refractivity contribution >= 4 is 0 Å². The van der Waals surface area contributed by atoms with Crippen LogP contribution in [0.15, 0.2) is 4.42 Å². The van der Waals surface area contributed by atoms with Crippen molar-refractivity contribution in [1.82, 2.24) is 15.1 Å². The summed E-state index contributed by atoms with van der Waals surface area (Å²) in [4.78, 5) is 2.15. The predicted octanol–water partition coefficient (Wildman–Crippen LogP) is 1.18. The van der Waals surface area contributed by atoms with E-state index in [9.17, 15) is 0 Å². The molecule has 2 N–H and O–H groups in total. The van der Waals surface area contributed by atoms with E-state index in [2.05, 4.69) is 28.9 Å². The Morgan fingerprint density at radius 2 is 2.06 bits per heavy atom. The van der Waals surface area contributed by atoms with Gasteiger partial charge in [0.1, 0.15) is 0 Å². The highest BCUT2D eigenvalue weighted by molar-refractivity contribution is 4.78. The van der Waals surface area contributed by atoms with E-state index >= 15 is 0 Å². The third-order valence-corrected chi connectivity index (χ3v) is 2.67. The fraction of sp³-hybridized carbons (Fsp3) is 0.818. The van der Waals surface area contributed by atoms with Crippen molar-refractivity contribution < 1.29 is 4.42 Å². The second-order valence-electron chi connectivity index (χ2n) is 4.65. The van der Waals surface area contributed by atoms with E-state index in [1.54, 1.807) is 6.92 Å². The van der Waals surface area contributed by atoms with Crippen molar-refractivity contribution in [1.29, 1.82) is 0 Å². The van der Waals surface area contributed by atoms with Crippen LogP contribution >= 0.6 is 0 Å². The summed E-state index contributed by atoms with van der Waals surface area (Å²) in [6.07, 6.45) is 0.987. The molecule has 16 heavy (non-hydrogen) atoms. The summed E-state index contributed by atoms with van der Waals surface area (Å²) in [5, 5.41) is 7.75. The maximum absolute atomic E-state index is 5.98. The van der Waals surface area contributed by atoms with Crippen molar-refractivity contribution in [2.45, 2.75) is 39.8 Å². The molecule has 0 amide bonds. The molecule has 0 saturated carbocycles. The average Bonchev–Trinajstić information content (AvgIpc) is 2.60. The summed E-state index contributed by atoms with van der Waals surface area (Å²) >= 11 is 0. The molecule has 0 radical (unpaired) electrons. The normalized spacial score (nSPS) is 13.7. The molecule has 1 atom stereocenters. The maximum atomic E-state index is 5.98.